The van der Waals surface area contributed by atoms with Gasteiger partial charge in [-0.3, -0.25) is 9.59 Å². The monoisotopic (exact) mass is 522 g/mol. The summed E-state index contributed by atoms with van der Waals surface area (Å²) in [7, 11) is 0. The lowest BCUT2D eigenvalue weighted by Gasteiger charge is -2.32. The van der Waals surface area contributed by atoms with E-state index in [2.05, 4.69) is 44.3 Å². The fourth-order valence-corrected chi connectivity index (χ4v) is 4.98. The second-order valence-corrected chi connectivity index (χ2v) is 10.8. The molecule has 0 unspecified atom stereocenters. The molecule has 190 valence electrons. The number of hydrogen-bond acceptors (Lipinski definition) is 3. The third kappa shape index (κ3) is 8.72. The molecule has 4 nitrogen and oxygen atoms in total. The number of hydrogen-bond donors (Lipinski definition) is 1. The number of carbonyl (C=O) groups excluding carboxylic acids is 2. The van der Waals surface area contributed by atoms with Gasteiger partial charge in [-0.15, -0.1) is 11.8 Å². The van der Waals surface area contributed by atoms with E-state index in [1.54, 1.807) is 16.7 Å². The van der Waals surface area contributed by atoms with Crippen LogP contribution in [-0.2, 0) is 28.3 Å². The number of nitrogens with zero attached hydrogens (tertiary/aromatic N) is 1. The zero-order valence-corrected chi connectivity index (χ0v) is 22.8. The molecule has 6 heteroatoms. The fourth-order valence-electron chi connectivity index (χ4n) is 3.93. The Kier molecular flexibility index (Phi) is 10.9. The number of aryl methyl sites for hydroxylation is 1. The summed E-state index contributed by atoms with van der Waals surface area (Å²) in [5.41, 5.74) is 4.21. The van der Waals surface area contributed by atoms with Crippen LogP contribution >= 0.6 is 23.4 Å². The lowest BCUT2D eigenvalue weighted by Crippen LogP contribution is -2.51. The van der Waals surface area contributed by atoms with Gasteiger partial charge in [0.2, 0.25) is 11.8 Å². The van der Waals surface area contributed by atoms with Crippen molar-refractivity contribution in [2.75, 3.05) is 12.3 Å². The normalized spacial score (nSPS) is 11.8. The largest absolute Gasteiger partial charge is 0.354 e. The van der Waals surface area contributed by atoms with E-state index in [0.717, 1.165) is 16.9 Å². The molecule has 3 aromatic rings. The molecule has 0 fully saturated rings. The number of rotatable bonds is 12. The standard InChI is InChI=1S/C30H35ClN2O2S/c1-22(2)18-32-30(35)28(17-24-11-5-4-6-12-24)33(19-26-14-7-8-15-27(26)31)29(34)21-36-20-25-13-9-10-23(3)16-25/h4-16,22,28H,17-21H2,1-3H3,(H,32,35)/t28-/m1/s1. The maximum Gasteiger partial charge on any atom is 0.243 e. The molecule has 0 spiro atoms. The van der Waals surface area contributed by atoms with Crippen molar-refractivity contribution in [3.8, 4) is 0 Å². The van der Waals surface area contributed by atoms with Crippen molar-refractivity contribution in [1.29, 1.82) is 0 Å². The number of carbonyl (C=O) groups is 2. The van der Waals surface area contributed by atoms with Crippen molar-refractivity contribution >= 4 is 35.2 Å². The molecule has 0 bridgehead atoms. The summed E-state index contributed by atoms with van der Waals surface area (Å²) in [6.45, 7) is 7.01. The molecule has 0 aliphatic rings. The van der Waals surface area contributed by atoms with Crippen LogP contribution in [0.25, 0.3) is 0 Å². The van der Waals surface area contributed by atoms with Crippen molar-refractivity contribution in [2.45, 2.75) is 45.5 Å². The highest BCUT2D eigenvalue weighted by molar-refractivity contribution is 7.99. The van der Waals surface area contributed by atoms with Crippen LogP contribution in [0.5, 0.6) is 0 Å². The Morgan fingerprint density at radius 2 is 1.64 bits per heavy atom. The predicted octanol–water partition coefficient (Wildman–Crippen LogP) is 6.29. The zero-order valence-electron chi connectivity index (χ0n) is 21.2. The molecule has 0 saturated heterocycles. The van der Waals surface area contributed by atoms with E-state index >= 15 is 0 Å². The maximum absolute atomic E-state index is 13.7. The number of thioether (sulfide) groups is 1. The summed E-state index contributed by atoms with van der Waals surface area (Å²) in [6, 6.07) is 25.0. The smallest absolute Gasteiger partial charge is 0.243 e. The van der Waals surface area contributed by atoms with Crippen LogP contribution in [-0.4, -0.2) is 35.1 Å². The highest BCUT2D eigenvalue weighted by atomic mass is 35.5. The SMILES string of the molecule is Cc1cccc(CSCC(=O)N(Cc2ccccc2Cl)[C@H](Cc2ccccc2)C(=O)NCC(C)C)c1. The zero-order chi connectivity index (χ0) is 25.9. The molecule has 0 aliphatic carbocycles. The van der Waals surface area contributed by atoms with Gasteiger partial charge in [0, 0.05) is 30.3 Å². The molecular formula is C30H35ClN2O2S. The van der Waals surface area contributed by atoms with Crippen LogP contribution in [0.2, 0.25) is 5.02 Å². The molecule has 1 N–H and O–H groups in total. The van der Waals surface area contributed by atoms with Crippen molar-refractivity contribution in [3.63, 3.8) is 0 Å². The van der Waals surface area contributed by atoms with Crippen LogP contribution in [0, 0.1) is 12.8 Å². The van der Waals surface area contributed by atoms with Gasteiger partial charge in [-0.05, 0) is 35.6 Å². The molecule has 0 radical (unpaired) electrons. The first kappa shape index (κ1) is 27.8. The summed E-state index contributed by atoms with van der Waals surface area (Å²) in [5.74, 6) is 1.10. The van der Waals surface area contributed by atoms with Crippen LogP contribution in [0.4, 0.5) is 0 Å². The van der Waals surface area contributed by atoms with Gasteiger partial charge in [0.1, 0.15) is 6.04 Å². The molecule has 3 rings (SSSR count). The molecule has 0 aliphatic heterocycles. The van der Waals surface area contributed by atoms with Crippen LogP contribution in [0.3, 0.4) is 0 Å². The van der Waals surface area contributed by atoms with E-state index in [9.17, 15) is 9.59 Å². The molecule has 2 amide bonds. The molecular weight excluding hydrogens is 488 g/mol. The molecule has 3 aromatic carbocycles. The van der Waals surface area contributed by atoms with E-state index in [1.165, 1.54) is 11.1 Å². The van der Waals surface area contributed by atoms with Crippen molar-refractivity contribution in [1.82, 2.24) is 10.2 Å². The summed E-state index contributed by atoms with van der Waals surface area (Å²) < 4.78 is 0. The Morgan fingerprint density at radius 3 is 2.33 bits per heavy atom. The van der Waals surface area contributed by atoms with Crippen molar-refractivity contribution in [3.05, 3.63) is 106 Å². The van der Waals surface area contributed by atoms with Crippen molar-refractivity contribution in [2.24, 2.45) is 5.92 Å². The van der Waals surface area contributed by atoms with E-state index in [-0.39, 0.29) is 24.1 Å². The van der Waals surface area contributed by atoms with E-state index in [1.807, 2.05) is 60.7 Å². The van der Waals surface area contributed by atoms with E-state index in [4.69, 9.17) is 11.6 Å². The molecule has 0 saturated carbocycles. The second-order valence-electron chi connectivity index (χ2n) is 9.44. The van der Waals surface area contributed by atoms with Gasteiger partial charge in [0.15, 0.2) is 0 Å². The summed E-state index contributed by atoms with van der Waals surface area (Å²) in [6.07, 6.45) is 0.434. The minimum absolute atomic E-state index is 0.0757. The average molecular weight is 523 g/mol. The highest BCUT2D eigenvalue weighted by Gasteiger charge is 2.30. The minimum Gasteiger partial charge on any atom is -0.354 e. The van der Waals surface area contributed by atoms with Gasteiger partial charge in [-0.2, -0.15) is 0 Å². The summed E-state index contributed by atoms with van der Waals surface area (Å²) in [5, 5.41) is 3.64. The number of amides is 2. The summed E-state index contributed by atoms with van der Waals surface area (Å²) in [4.78, 5) is 28.8. The van der Waals surface area contributed by atoms with Gasteiger partial charge in [-0.25, -0.2) is 0 Å². The van der Waals surface area contributed by atoms with E-state index < -0.39 is 6.04 Å². The first-order valence-corrected chi connectivity index (χ1v) is 13.8. The molecule has 36 heavy (non-hydrogen) atoms. The van der Waals surface area contributed by atoms with Gasteiger partial charge in [0.05, 0.1) is 5.75 Å². The number of nitrogens with one attached hydrogen (secondary N) is 1. The fraction of sp³-hybridized carbons (Fsp3) is 0.333. The first-order chi connectivity index (χ1) is 17.3. The minimum atomic E-state index is -0.644. The Morgan fingerprint density at radius 1 is 0.944 bits per heavy atom. The lowest BCUT2D eigenvalue weighted by atomic mass is 10.0. The van der Waals surface area contributed by atoms with Gasteiger partial charge in [0.25, 0.3) is 0 Å². The highest BCUT2D eigenvalue weighted by Crippen LogP contribution is 2.22. The van der Waals surface area contributed by atoms with Crippen LogP contribution in [0.1, 0.15) is 36.1 Å². The third-order valence-corrected chi connectivity index (χ3v) is 7.19. The molecule has 0 aromatic heterocycles. The summed E-state index contributed by atoms with van der Waals surface area (Å²) >= 11 is 8.04. The number of halogens is 1. The van der Waals surface area contributed by atoms with Gasteiger partial charge in [-0.1, -0.05) is 104 Å². The Hall–Kier alpha value is -2.76. The topological polar surface area (TPSA) is 49.4 Å². The average Bonchev–Trinajstić information content (AvgIpc) is 2.86. The Bertz CT molecular complexity index is 1140. The molecule has 0 heterocycles. The Labute approximate surface area is 224 Å². The number of benzene rings is 3. The van der Waals surface area contributed by atoms with Crippen molar-refractivity contribution < 1.29 is 9.59 Å². The quantitative estimate of drug-likeness (QED) is 0.304. The second kappa shape index (κ2) is 14.1. The lowest BCUT2D eigenvalue weighted by molar-refractivity contribution is -0.139. The van der Waals surface area contributed by atoms with Gasteiger partial charge < -0.3 is 10.2 Å². The molecule has 1 atom stereocenters. The first-order valence-electron chi connectivity index (χ1n) is 12.3. The van der Waals surface area contributed by atoms with E-state index in [0.29, 0.717) is 23.9 Å². The van der Waals surface area contributed by atoms with Crippen LogP contribution in [0.15, 0.2) is 78.9 Å². The van der Waals surface area contributed by atoms with Crippen LogP contribution < -0.4 is 5.32 Å². The Balaban J connectivity index is 1.85. The predicted molar refractivity (Wildman–Crippen MR) is 151 cm³/mol. The third-order valence-electron chi connectivity index (χ3n) is 5.83. The maximum atomic E-state index is 13.7. The van der Waals surface area contributed by atoms with Gasteiger partial charge >= 0.3 is 0 Å².